The third kappa shape index (κ3) is 7.78. The van der Waals surface area contributed by atoms with Crippen molar-refractivity contribution in [2.24, 2.45) is 0 Å². The van der Waals surface area contributed by atoms with E-state index in [-0.39, 0.29) is 4.90 Å². The van der Waals surface area contributed by atoms with E-state index in [4.69, 9.17) is 0 Å². The third-order valence-corrected chi connectivity index (χ3v) is 5.02. The summed E-state index contributed by atoms with van der Waals surface area (Å²) in [5.74, 6) is 0. The average molecular weight is 371 g/mol. The fourth-order valence-corrected chi connectivity index (χ4v) is 3.11. The summed E-state index contributed by atoms with van der Waals surface area (Å²) in [5.41, 5.74) is 1.33. The molecule has 0 spiro atoms. The number of hydrogen-bond acceptors (Lipinski definition) is 5. The van der Waals surface area contributed by atoms with Gasteiger partial charge in [-0.05, 0) is 24.6 Å². The van der Waals surface area contributed by atoms with Gasteiger partial charge in [0, 0.05) is 18.6 Å². The van der Waals surface area contributed by atoms with Gasteiger partial charge in [0.05, 0.1) is 4.90 Å². The van der Waals surface area contributed by atoms with Crippen LogP contribution in [0.25, 0.3) is 0 Å². The molecule has 0 radical (unpaired) electrons. The van der Waals surface area contributed by atoms with E-state index in [9.17, 15) is 17.2 Å². The van der Waals surface area contributed by atoms with Crippen molar-refractivity contribution in [3.05, 3.63) is 60.4 Å². The lowest BCUT2D eigenvalue weighted by molar-refractivity contribution is -0.697. The maximum atomic E-state index is 11.0. The van der Waals surface area contributed by atoms with Gasteiger partial charge in [-0.1, -0.05) is 31.5 Å². The lowest BCUT2D eigenvalue weighted by atomic mass is 10.3. The largest absolute Gasteiger partial charge is 0.749 e. The van der Waals surface area contributed by atoms with Crippen molar-refractivity contribution in [3.8, 4) is 0 Å². The van der Waals surface area contributed by atoms with Gasteiger partial charge in [-0.25, -0.2) is 8.78 Å². The molecule has 0 aliphatic rings. The minimum absolute atomic E-state index is 0.195. The molecule has 1 unspecified atom stereocenters. The van der Waals surface area contributed by atoms with E-state index in [1.165, 1.54) is 42.7 Å². The maximum absolute atomic E-state index is 11.0. The SMILES string of the molecule is CCCC[n+]1ccc(C)cc1.O=S([O-])OS(=O)(=O)c1ccccc1. The van der Waals surface area contributed by atoms with Crippen LogP contribution in [0.4, 0.5) is 0 Å². The summed E-state index contributed by atoms with van der Waals surface area (Å²) in [6, 6.07) is 11.3. The number of rotatable bonds is 6. The molecule has 0 saturated heterocycles. The first kappa shape index (κ1) is 20.4. The zero-order valence-corrected chi connectivity index (χ0v) is 15.3. The van der Waals surface area contributed by atoms with Gasteiger partial charge < -0.3 is 4.55 Å². The second-order valence-corrected chi connectivity index (χ2v) is 7.34. The number of pyridine rings is 1. The molecule has 0 bridgehead atoms. The fraction of sp³-hybridized carbons (Fsp3) is 0.312. The third-order valence-electron chi connectivity index (χ3n) is 3.00. The van der Waals surface area contributed by atoms with Crippen LogP contribution in [0.15, 0.2) is 59.8 Å². The van der Waals surface area contributed by atoms with Crippen LogP contribution in [0.2, 0.25) is 0 Å². The molecule has 2 aromatic rings. The van der Waals surface area contributed by atoms with Crippen molar-refractivity contribution in [3.63, 3.8) is 0 Å². The first-order valence-electron chi connectivity index (χ1n) is 7.40. The number of unbranched alkanes of at least 4 members (excludes halogenated alkanes) is 1. The molecule has 0 aliphatic heterocycles. The van der Waals surface area contributed by atoms with Gasteiger partial charge in [-0.15, -0.1) is 0 Å². The molecular weight excluding hydrogens is 350 g/mol. The molecule has 0 aliphatic carbocycles. The molecule has 132 valence electrons. The van der Waals surface area contributed by atoms with Crippen LogP contribution < -0.4 is 4.57 Å². The Morgan fingerprint density at radius 2 is 1.71 bits per heavy atom. The molecule has 0 amide bonds. The van der Waals surface area contributed by atoms with Gasteiger partial charge in [-0.2, -0.15) is 12.0 Å². The topological polar surface area (TPSA) is 87.4 Å². The standard InChI is InChI=1S/C10H16N.C6H6O5S2/c1-3-4-7-11-8-5-10(2)6-9-11;7-12(8)11-13(9,10)6-4-2-1-3-5-6/h5-6,8-9H,3-4,7H2,1-2H3;1-5H,(H,7,8)/q+1;/p-1. The Kier molecular flexibility index (Phi) is 8.77. The Labute approximate surface area is 145 Å². The fourth-order valence-electron chi connectivity index (χ4n) is 1.72. The van der Waals surface area contributed by atoms with Gasteiger partial charge in [0.25, 0.3) is 0 Å². The first-order chi connectivity index (χ1) is 11.3. The highest BCUT2D eigenvalue weighted by molar-refractivity contribution is 7.95. The van der Waals surface area contributed by atoms with Gasteiger partial charge in [0.1, 0.15) is 17.9 Å². The highest BCUT2D eigenvalue weighted by Gasteiger charge is 2.14. The molecule has 6 nitrogen and oxygen atoms in total. The highest BCUT2D eigenvalue weighted by Crippen LogP contribution is 2.11. The number of benzene rings is 1. The normalized spacial score (nSPS) is 12.1. The lowest BCUT2D eigenvalue weighted by Crippen LogP contribution is -2.32. The summed E-state index contributed by atoms with van der Waals surface area (Å²) >= 11 is -3.07. The molecule has 0 fully saturated rings. The second-order valence-electron chi connectivity index (χ2n) is 5.01. The predicted molar refractivity (Wildman–Crippen MR) is 89.9 cm³/mol. The monoisotopic (exact) mass is 371 g/mol. The molecule has 24 heavy (non-hydrogen) atoms. The summed E-state index contributed by atoms with van der Waals surface area (Å²) in [5, 5.41) is 0. The molecule has 1 aromatic heterocycles. The van der Waals surface area contributed by atoms with Gasteiger partial charge in [0.15, 0.2) is 12.4 Å². The van der Waals surface area contributed by atoms with Crippen molar-refractivity contribution in [1.82, 2.24) is 0 Å². The Hall–Kier alpha value is -1.61. The summed E-state index contributed by atoms with van der Waals surface area (Å²) < 4.78 is 48.0. The van der Waals surface area contributed by atoms with E-state index in [2.05, 4.69) is 46.6 Å². The first-order valence-corrected chi connectivity index (χ1v) is 9.81. The minimum atomic E-state index is -4.17. The number of nitrogens with zero attached hydrogens (tertiary/aromatic N) is 1. The number of hydrogen-bond donors (Lipinski definition) is 0. The van der Waals surface area contributed by atoms with E-state index in [0.29, 0.717) is 0 Å². The van der Waals surface area contributed by atoms with Gasteiger partial charge >= 0.3 is 10.1 Å². The van der Waals surface area contributed by atoms with E-state index in [0.717, 1.165) is 6.54 Å². The zero-order valence-electron chi connectivity index (χ0n) is 13.6. The Morgan fingerprint density at radius 1 is 1.12 bits per heavy atom. The Balaban J connectivity index is 0.000000243. The van der Waals surface area contributed by atoms with Crippen molar-refractivity contribution < 1.29 is 25.4 Å². The minimum Gasteiger partial charge on any atom is -0.749 e. The lowest BCUT2D eigenvalue weighted by Gasteiger charge is -2.05. The molecule has 8 heteroatoms. The molecule has 2 rings (SSSR count). The van der Waals surface area contributed by atoms with Crippen molar-refractivity contribution >= 4 is 21.5 Å². The summed E-state index contributed by atoms with van der Waals surface area (Å²) in [6.07, 6.45) is 6.82. The molecule has 0 saturated carbocycles. The second kappa shape index (κ2) is 10.3. The van der Waals surface area contributed by atoms with E-state index < -0.39 is 21.5 Å². The number of aromatic nitrogens is 1. The molecular formula is C16H21NO5S2. The highest BCUT2D eigenvalue weighted by atomic mass is 32.3. The van der Waals surface area contributed by atoms with Crippen molar-refractivity contribution in [2.45, 2.75) is 38.1 Å². The van der Waals surface area contributed by atoms with E-state index in [1.807, 2.05) is 0 Å². The zero-order chi connectivity index (χ0) is 18.0. The molecule has 0 N–H and O–H groups in total. The van der Waals surface area contributed by atoms with Crippen LogP contribution >= 0.6 is 0 Å². The summed E-state index contributed by atoms with van der Waals surface area (Å²) in [7, 11) is -4.17. The Bertz CT molecular complexity index is 731. The Morgan fingerprint density at radius 3 is 2.21 bits per heavy atom. The average Bonchev–Trinajstić information content (AvgIpc) is 2.55. The maximum Gasteiger partial charge on any atom is 0.308 e. The summed E-state index contributed by atoms with van der Waals surface area (Å²) in [6.45, 7) is 5.48. The summed E-state index contributed by atoms with van der Waals surface area (Å²) in [4.78, 5) is -0.195. The van der Waals surface area contributed by atoms with Crippen LogP contribution in [-0.2, 0) is 31.7 Å². The molecule has 1 heterocycles. The van der Waals surface area contributed by atoms with Crippen molar-refractivity contribution in [2.75, 3.05) is 0 Å². The van der Waals surface area contributed by atoms with E-state index in [1.54, 1.807) is 6.07 Å². The van der Waals surface area contributed by atoms with Crippen LogP contribution in [0.1, 0.15) is 25.3 Å². The van der Waals surface area contributed by atoms with Crippen LogP contribution in [0.5, 0.6) is 0 Å². The smallest absolute Gasteiger partial charge is 0.308 e. The van der Waals surface area contributed by atoms with Crippen LogP contribution in [0.3, 0.4) is 0 Å². The molecule has 1 aromatic carbocycles. The van der Waals surface area contributed by atoms with Gasteiger partial charge in [0.2, 0.25) is 0 Å². The van der Waals surface area contributed by atoms with Crippen LogP contribution in [-0.4, -0.2) is 17.2 Å². The van der Waals surface area contributed by atoms with E-state index >= 15 is 0 Å². The van der Waals surface area contributed by atoms with Crippen molar-refractivity contribution in [1.29, 1.82) is 0 Å². The quantitative estimate of drug-likeness (QED) is 0.574. The van der Waals surface area contributed by atoms with Crippen LogP contribution in [0, 0.1) is 6.92 Å². The predicted octanol–water partition coefficient (Wildman–Crippen LogP) is 2.27. The molecule has 1 atom stereocenters. The van der Waals surface area contributed by atoms with Gasteiger partial charge in [-0.3, -0.25) is 0 Å². The number of aryl methyl sites for hydroxylation is 2.